The van der Waals surface area contributed by atoms with Crippen molar-refractivity contribution in [1.82, 2.24) is 5.32 Å². The summed E-state index contributed by atoms with van der Waals surface area (Å²) in [4.78, 5) is 0. The van der Waals surface area contributed by atoms with Gasteiger partial charge in [-0.05, 0) is 36.9 Å². The Morgan fingerprint density at radius 1 is 0.905 bits per heavy atom. The summed E-state index contributed by atoms with van der Waals surface area (Å²) in [6.07, 6.45) is 11.1. The van der Waals surface area contributed by atoms with Crippen molar-refractivity contribution in [1.29, 1.82) is 0 Å². The maximum Gasteiger partial charge on any atom is 0.00201 e. The molecule has 1 atom stereocenters. The van der Waals surface area contributed by atoms with Crippen LogP contribution in [0.15, 0.2) is 24.3 Å². The number of hydrogen-bond acceptors (Lipinski definition) is 1. The van der Waals surface area contributed by atoms with Gasteiger partial charge in [0, 0.05) is 6.54 Å². The Kier molecular flexibility index (Phi) is 10.2. The van der Waals surface area contributed by atoms with E-state index in [0.717, 1.165) is 13.1 Å². The number of unbranched alkanes of at least 4 members (excludes halogenated alkanes) is 6. The van der Waals surface area contributed by atoms with Crippen LogP contribution in [0.25, 0.3) is 0 Å². The molecule has 1 aromatic carbocycles. The molecule has 1 unspecified atom stereocenters. The van der Waals surface area contributed by atoms with E-state index in [4.69, 9.17) is 0 Å². The maximum absolute atomic E-state index is 3.54. The van der Waals surface area contributed by atoms with Gasteiger partial charge in [0.25, 0.3) is 0 Å². The van der Waals surface area contributed by atoms with E-state index < -0.39 is 0 Å². The Bertz CT molecular complexity index is 359. The van der Waals surface area contributed by atoms with Crippen LogP contribution >= 0.6 is 0 Å². The lowest BCUT2D eigenvalue weighted by molar-refractivity contribution is 0.508. The lowest BCUT2D eigenvalue weighted by atomic mass is 9.90. The molecule has 0 fully saturated rings. The van der Waals surface area contributed by atoms with E-state index in [1.54, 1.807) is 5.56 Å². The van der Waals surface area contributed by atoms with Crippen LogP contribution in [0.3, 0.4) is 0 Å². The highest BCUT2D eigenvalue weighted by molar-refractivity contribution is 5.29. The summed E-state index contributed by atoms with van der Waals surface area (Å²) in [5.41, 5.74) is 2.99. The molecule has 1 aromatic rings. The van der Waals surface area contributed by atoms with Gasteiger partial charge in [-0.2, -0.15) is 0 Å². The van der Waals surface area contributed by atoms with Crippen molar-refractivity contribution in [2.75, 3.05) is 13.1 Å². The van der Waals surface area contributed by atoms with E-state index in [-0.39, 0.29) is 0 Å². The van der Waals surface area contributed by atoms with Gasteiger partial charge in [0.2, 0.25) is 0 Å². The van der Waals surface area contributed by atoms with Crippen LogP contribution in [0.1, 0.15) is 82.3 Å². The highest BCUT2D eigenvalue weighted by Crippen LogP contribution is 2.25. The van der Waals surface area contributed by atoms with Gasteiger partial charge < -0.3 is 5.32 Å². The third-order valence-electron chi connectivity index (χ3n) is 4.43. The van der Waals surface area contributed by atoms with Crippen LogP contribution in [-0.4, -0.2) is 13.1 Å². The summed E-state index contributed by atoms with van der Waals surface area (Å²) in [6.45, 7) is 8.92. The number of rotatable bonds is 12. The van der Waals surface area contributed by atoms with E-state index >= 15 is 0 Å². The average molecular weight is 290 g/mol. The number of nitrogens with one attached hydrogen (secondary N) is 1. The van der Waals surface area contributed by atoms with E-state index in [1.807, 2.05) is 0 Å². The topological polar surface area (TPSA) is 12.0 Å². The fraction of sp³-hybridized carbons (Fsp3) is 0.700. The molecule has 0 saturated heterocycles. The van der Waals surface area contributed by atoms with Gasteiger partial charge in [0.15, 0.2) is 0 Å². The lowest BCUT2D eigenvalue weighted by Crippen LogP contribution is -2.21. The third kappa shape index (κ3) is 7.66. The van der Waals surface area contributed by atoms with Gasteiger partial charge in [-0.25, -0.2) is 0 Å². The first-order valence-corrected chi connectivity index (χ1v) is 9.05. The van der Waals surface area contributed by atoms with Crippen molar-refractivity contribution >= 4 is 0 Å². The molecule has 0 saturated carbocycles. The normalized spacial score (nSPS) is 12.5. The Labute approximate surface area is 132 Å². The molecule has 0 aliphatic heterocycles. The first-order valence-electron chi connectivity index (χ1n) is 9.05. The van der Waals surface area contributed by atoms with Gasteiger partial charge in [0.05, 0.1) is 0 Å². The van der Waals surface area contributed by atoms with E-state index in [9.17, 15) is 0 Å². The van der Waals surface area contributed by atoms with Gasteiger partial charge in [0.1, 0.15) is 0 Å². The van der Waals surface area contributed by atoms with E-state index in [1.165, 1.54) is 56.9 Å². The summed E-state index contributed by atoms with van der Waals surface area (Å²) in [5.74, 6) is 0.682. The van der Waals surface area contributed by atoms with Gasteiger partial charge in [-0.15, -0.1) is 0 Å². The molecular weight excluding hydrogens is 254 g/mol. The molecule has 120 valence electrons. The maximum atomic E-state index is 3.54. The molecule has 0 spiro atoms. The van der Waals surface area contributed by atoms with Gasteiger partial charge in [-0.1, -0.05) is 83.1 Å². The summed E-state index contributed by atoms with van der Waals surface area (Å²) >= 11 is 0. The summed E-state index contributed by atoms with van der Waals surface area (Å²) in [7, 11) is 0. The fourth-order valence-corrected chi connectivity index (χ4v) is 3.08. The molecule has 1 heteroatoms. The predicted octanol–water partition coefficient (Wildman–Crippen LogP) is 5.83. The monoisotopic (exact) mass is 289 g/mol. The summed E-state index contributed by atoms with van der Waals surface area (Å²) < 4.78 is 0. The molecule has 0 amide bonds. The molecule has 21 heavy (non-hydrogen) atoms. The van der Waals surface area contributed by atoms with Crippen molar-refractivity contribution in [3.05, 3.63) is 35.4 Å². The number of hydrogen-bond donors (Lipinski definition) is 1. The largest absolute Gasteiger partial charge is 0.316 e. The van der Waals surface area contributed by atoms with Gasteiger partial charge in [-0.3, -0.25) is 0 Å². The predicted molar refractivity (Wildman–Crippen MR) is 95.1 cm³/mol. The zero-order chi connectivity index (χ0) is 15.3. The summed E-state index contributed by atoms with van der Waals surface area (Å²) in [5, 5.41) is 3.54. The average Bonchev–Trinajstić information content (AvgIpc) is 2.50. The molecule has 1 N–H and O–H groups in total. The number of aryl methyl sites for hydroxylation is 1. The van der Waals surface area contributed by atoms with Crippen LogP contribution in [0.4, 0.5) is 0 Å². The van der Waals surface area contributed by atoms with Crippen molar-refractivity contribution in [2.45, 2.75) is 78.1 Å². The van der Waals surface area contributed by atoms with Crippen molar-refractivity contribution in [3.63, 3.8) is 0 Å². The van der Waals surface area contributed by atoms with Gasteiger partial charge >= 0.3 is 0 Å². The Morgan fingerprint density at radius 2 is 1.57 bits per heavy atom. The molecule has 0 aromatic heterocycles. The molecule has 1 rings (SSSR count). The molecular formula is C20H35N. The summed E-state index contributed by atoms with van der Waals surface area (Å²) in [6, 6.07) is 8.90. The van der Waals surface area contributed by atoms with Crippen LogP contribution in [0, 0.1) is 6.92 Å². The fourth-order valence-electron chi connectivity index (χ4n) is 3.08. The first-order chi connectivity index (χ1) is 10.3. The second kappa shape index (κ2) is 11.8. The minimum atomic E-state index is 0.682. The smallest absolute Gasteiger partial charge is 0.00201 e. The van der Waals surface area contributed by atoms with Crippen LogP contribution in [0.5, 0.6) is 0 Å². The SMILES string of the molecule is CCCCCCCCCC(CNCC)c1ccccc1C. The van der Waals surface area contributed by atoms with Crippen LogP contribution in [-0.2, 0) is 0 Å². The minimum Gasteiger partial charge on any atom is -0.316 e. The standard InChI is InChI=1S/C20H35N/c1-4-6-7-8-9-10-11-15-19(17-21-5-2)20-16-13-12-14-18(20)3/h12-14,16,19,21H,4-11,15,17H2,1-3H3. The second-order valence-electron chi connectivity index (χ2n) is 6.27. The first kappa shape index (κ1) is 18.2. The second-order valence-corrected chi connectivity index (χ2v) is 6.27. The Hall–Kier alpha value is -0.820. The molecule has 0 radical (unpaired) electrons. The van der Waals surface area contributed by atoms with Crippen molar-refractivity contribution < 1.29 is 0 Å². The zero-order valence-electron chi connectivity index (χ0n) is 14.5. The highest BCUT2D eigenvalue weighted by Gasteiger charge is 2.12. The van der Waals surface area contributed by atoms with E-state index in [0.29, 0.717) is 5.92 Å². The van der Waals surface area contributed by atoms with Crippen molar-refractivity contribution in [3.8, 4) is 0 Å². The third-order valence-corrected chi connectivity index (χ3v) is 4.43. The number of likely N-dealkylation sites (N-methyl/N-ethyl adjacent to an activating group) is 1. The van der Waals surface area contributed by atoms with Crippen LogP contribution in [0.2, 0.25) is 0 Å². The molecule has 1 nitrogen and oxygen atoms in total. The quantitative estimate of drug-likeness (QED) is 0.477. The zero-order valence-corrected chi connectivity index (χ0v) is 14.5. The van der Waals surface area contributed by atoms with Crippen molar-refractivity contribution in [2.24, 2.45) is 0 Å². The molecule has 0 heterocycles. The van der Waals surface area contributed by atoms with E-state index in [2.05, 4.69) is 50.4 Å². The Morgan fingerprint density at radius 3 is 2.24 bits per heavy atom. The molecule has 0 aliphatic carbocycles. The molecule has 0 aliphatic rings. The highest BCUT2D eigenvalue weighted by atomic mass is 14.8. The van der Waals surface area contributed by atoms with Crippen LogP contribution < -0.4 is 5.32 Å². The Balaban J connectivity index is 2.35. The lowest BCUT2D eigenvalue weighted by Gasteiger charge is -2.20. The molecule has 0 bridgehead atoms. The minimum absolute atomic E-state index is 0.682. The number of benzene rings is 1.